The van der Waals surface area contributed by atoms with Crippen LogP contribution in [0.1, 0.15) is 60.8 Å². The van der Waals surface area contributed by atoms with Gasteiger partial charge in [-0.1, -0.05) is 26.8 Å². The molecule has 2 fully saturated rings. The molecule has 0 aromatic carbocycles. The first-order valence-electron chi connectivity index (χ1n) is 10.9. The van der Waals surface area contributed by atoms with Gasteiger partial charge < -0.3 is 29.9 Å². The molecule has 4 N–H and O–H groups in total. The second-order valence-electron chi connectivity index (χ2n) is 10.5. The van der Waals surface area contributed by atoms with Gasteiger partial charge in [-0.15, -0.1) is 0 Å². The van der Waals surface area contributed by atoms with E-state index in [1.54, 1.807) is 33.8 Å². The predicted molar refractivity (Wildman–Crippen MR) is 111 cm³/mol. The van der Waals surface area contributed by atoms with Crippen LogP contribution >= 0.6 is 0 Å². The maximum atomic E-state index is 13.2. The molecule has 8 nitrogen and oxygen atoms in total. The second-order valence-corrected chi connectivity index (χ2v) is 10.5. The fourth-order valence-corrected chi connectivity index (χ4v) is 6.10. The van der Waals surface area contributed by atoms with Crippen LogP contribution in [0.4, 0.5) is 0 Å². The Morgan fingerprint density at radius 3 is 2.24 bits per heavy atom. The third-order valence-corrected chi connectivity index (χ3v) is 7.97. The molecule has 0 aromatic heterocycles. The third-order valence-electron chi connectivity index (χ3n) is 7.97. The minimum Gasteiger partial charge on any atom is -0.459 e. The number of hydrogen-bond acceptors (Lipinski definition) is 8. The van der Waals surface area contributed by atoms with Gasteiger partial charge in [0.05, 0.1) is 18.8 Å². The van der Waals surface area contributed by atoms with E-state index in [1.807, 2.05) is 0 Å². The summed E-state index contributed by atoms with van der Waals surface area (Å²) in [6.07, 6.45) is -1.84. The number of aliphatic hydroxyl groups excluding tert-OH is 2. The topological polar surface area (TPSA) is 134 Å². The number of Topliss-reactive ketones (excluding diaryl/α,β-unsaturated/α-hetero) is 1. The first-order chi connectivity index (χ1) is 14.1. The molecule has 2 aliphatic carbocycles. The fourth-order valence-electron chi connectivity index (χ4n) is 6.10. The van der Waals surface area contributed by atoms with Gasteiger partial charge in [0.2, 0.25) is 0 Å². The van der Waals surface area contributed by atoms with Gasteiger partial charge in [-0.25, -0.2) is 0 Å². The van der Waals surface area contributed by atoms with Gasteiger partial charge in [-0.2, -0.15) is 0 Å². The molecule has 0 unspecified atom stereocenters. The molecule has 3 rings (SSSR count). The van der Waals surface area contributed by atoms with Gasteiger partial charge in [0.25, 0.3) is 0 Å². The summed E-state index contributed by atoms with van der Waals surface area (Å²) in [6, 6.07) is 0. The maximum absolute atomic E-state index is 13.2. The van der Waals surface area contributed by atoms with Crippen molar-refractivity contribution in [2.24, 2.45) is 16.7 Å². The monoisotopic (exact) mass is 894 g/mol. The Hall–Kier alpha value is 1.56. The Bertz CT molecular complexity index is 799. The van der Waals surface area contributed by atoms with Gasteiger partial charge in [0, 0.05) is 118 Å². The number of rotatable bonds is 5. The Morgan fingerprint density at radius 2 is 1.79 bits per heavy atom. The van der Waals surface area contributed by atoms with Crippen LogP contribution in [-0.4, -0.2) is 74.4 Å². The summed E-state index contributed by atoms with van der Waals surface area (Å²) in [7, 11) is 0. The van der Waals surface area contributed by atoms with Crippen molar-refractivity contribution in [2.45, 2.75) is 96.4 Å². The van der Waals surface area contributed by atoms with E-state index < -0.39 is 64.1 Å². The van der Waals surface area contributed by atoms with Gasteiger partial charge >= 0.3 is 5.97 Å². The van der Waals surface area contributed by atoms with E-state index in [0.29, 0.717) is 18.4 Å². The molecule has 8 atom stereocenters. The molecule has 2 radical (unpaired) electrons. The SMILES string of the molecule is CC(=O)O[C@@H]([C@@H]1[C@]2(O)CO[C@@H]2CC[C@@]1(C)C(=O)[C@@H](C)O)[C@]1(O)C[C@H](O)C(C)=CC1(C)C.[Ac].[Ac]. The molecular formula is C23H36Ac2O8. The predicted octanol–water partition coefficient (Wildman–Crippen LogP) is 0.882. The average molecular weight is 895 g/mol. The van der Waals surface area contributed by atoms with E-state index in [0.717, 1.165) is 0 Å². The number of hydrogen-bond donors (Lipinski definition) is 4. The van der Waals surface area contributed by atoms with Gasteiger partial charge in [0.1, 0.15) is 23.4 Å². The Labute approximate surface area is 267 Å². The Kier molecular flexibility index (Phi) is 11.0. The molecule has 33 heavy (non-hydrogen) atoms. The largest absolute Gasteiger partial charge is 0.459 e. The summed E-state index contributed by atoms with van der Waals surface area (Å²) < 4.78 is 11.3. The van der Waals surface area contributed by atoms with Crippen molar-refractivity contribution >= 4 is 11.8 Å². The van der Waals surface area contributed by atoms with Crippen LogP contribution in [0.5, 0.6) is 0 Å². The van der Waals surface area contributed by atoms with E-state index in [1.165, 1.54) is 13.8 Å². The zero-order chi connectivity index (χ0) is 23.6. The zero-order valence-electron chi connectivity index (χ0n) is 20.4. The molecule has 1 saturated heterocycles. The number of fused-ring (bicyclic) bond motifs is 1. The van der Waals surface area contributed by atoms with E-state index >= 15 is 0 Å². The standard InChI is InChI=1S/C23H36O8.2Ac/c1-12-9-20(4,5)23(29,10-15(12)26)19(31-14(3)25)17-21(6,18(27)13(2)24)8-7-16-22(17,28)11-30-16;;/h9,13,15-17,19,24,26,28-29H,7-8,10-11H2,1-6H3;;/t13-,15+,16-,17+,19+,21-,22+,23-;;/m1../s1. The normalized spacial score (nSPS) is 41.0. The van der Waals surface area contributed by atoms with Gasteiger partial charge in [0.15, 0.2) is 5.78 Å². The van der Waals surface area contributed by atoms with Crippen molar-refractivity contribution in [1.82, 2.24) is 0 Å². The molecule has 0 spiro atoms. The van der Waals surface area contributed by atoms with Crippen molar-refractivity contribution in [3.63, 3.8) is 0 Å². The van der Waals surface area contributed by atoms with Crippen LogP contribution in [0.15, 0.2) is 11.6 Å². The Balaban J connectivity index is 0.00000272. The van der Waals surface area contributed by atoms with E-state index in [4.69, 9.17) is 9.47 Å². The van der Waals surface area contributed by atoms with Crippen LogP contribution in [0.2, 0.25) is 0 Å². The molecule has 0 amide bonds. The molecule has 1 saturated carbocycles. The summed E-state index contributed by atoms with van der Waals surface area (Å²) >= 11 is 0. The molecule has 0 bridgehead atoms. The minimum atomic E-state index is -1.78. The quantitative estimate of drug-likeness (QED) is 0.237. The molecule has 0 aromatic rings. The smallest absolute Gasteiger partial charge is 0.303 e. The van der Waals surface area contributed by atoms with Crippen LogP contribution < -0.4 is 0 Å². The zero-order valence-corrected chi connectivity index (χ0v) is 29.9. The molecular weight excluding hydrogens is 858 g/mol. The van der Waals surface area contributed by atoms with E-state index in [2.05, 4.69) is 0 Å². The van der Waals surface area contributed by atoms with Crippen molar-refractivity contribution in [3.8, 4) is 0 Å². The van der Waals surface area contributed by atoms with Crippen LogP contribution in [-0.2, 0) is 19.1 Å². The minimum absolute atomic E-state index is 0. The summed E-state index contributed by atoms with van der Waals surface area (Å²) in [4.78, 5) is 25.4. The summed E-state index contributed by atoms with van der Waals surface area (Å²) in [5.74, 6) is -2.20. The van der Waals surface area contributed by atoms with Crippen LogP contribution in [0, 0.1) is 105 Å². The Morgan fingerprint density at radius 1 is 1.21 bits per heavy atom. The maximum Gasteiger partial charge on any atom is 0.303 e. The van der Waals surface area contributed by atoms with Crippen molar-refractivity contribution in [1.29, 1.82) is 0 Å². The number of ether oxygens (including phenoxy) is 2. The molecule has 3 aliphatic rings. The molecule has 1 heterocycles. The van der Waals surface area contributed by atoms with Crippen molar-refractivity contribution in [2.75, 3.05) is 6.61 Å². The van der Waals surface area contributed by atoms with Gasteiger partial charge in [-0.3, -0.25) is 9.59 Å². The molecule has 1 aliphatic heterocycles. The van der Waals surface area contributed by atoms with Crippen LogP contribution in [0.3, 0.4) is 0 Å². The summed E-state index contributed by atoms with van der Waals surface area (Å²) in [6.45, 7) is 9.46. The molecule has 10 heteroatoms. The number of ketones is 1. The number of carbonyl (C=O) groups excluding carboxylic acids is 2. The number of carbonyl (C=O) groups is 2. The molecule has 182 valence electrons. The van der Waals surface area contributed by atoms with E-state index in [9.17, 15) is 30.0 Å². The van der Waals surface area contributed by atoms with Crippen molar-refractivity contribution in [3.05, 3.63) is 11.6 Å². The van der Waals surface area contributed by atoms with Crippen LogP contribution in [0.25, 0.3) is 0 Å². The van der Waals surface area contributed by atoms with Crippen molar-refractivity contribution < 1.29 is 128 Å². The fraction of sp³-hybridized carbons (Fsp3) is 0.826. The third kappa shape index (κ3) is 5.42. The first kappa shape index (κ1) is 32.6. The number of aliphatic hydroxyl groups is 4. The summed E-state index contributed by atoms with van der Waals surface area (Å²) in [5.41, 5.74) is -4.85. The number of esters is 1. The first-order valence-corrected chi connectivity index (χ1v) is 10.9. The van der Waals surface area contributed by atoms with Gasteiger partial charge in [-0.05, 0) is 32.3 Å². The second kappa shape index (κ2) is 11.1. The summed E-state index contributed by atoms with van der Waals surface area (Å²) in [5, 5.41) is 44.4. The van der Waals surface area contributed by atoms with E-state index in [-0.39, 0.29) is 101 Å². The average Bonchev–Trinajstić information content (AvgIpc) is 2.62.